The number of halogens is 2. The van der Waals surface area contributed by atoms with Gasteiger partial charge in [-0.15, -0.1) is 24.8 Å². The summed E-state index contributed by atoms with van der Waals surface area (Å²) in [4.78, 5) is 2.43. The van der Waals surface area contributed by atoms with Gasteiger partial charge < -0.3 is 20.3 Å². The van der Waals surface area contributed by atoms with Crippen LogP contribution < -0.4 is 5.32 Å². The molecular weight excluding hydrogens is 339 g/mol. The number of phenolic OH excluding ortho intramolecular Hbond substituents is 2. The molecular formula is C16H26Cl2N2O3. The van der Waals surface area contributed by atoms with E-state index < -0.39 is 0 Å². The molecule has 2 aliphatic heterocycles. The summed E-state index contributed by atoms with van der Waals surface area (Å²) in [5.74, 6) is 0.961. The van der Waals surface area contributed by atoms with E-state index in [1.165, 1.54) is 6.07 Å². The molecule has 2 saturated heterocycles. The van der Waals surface area contributed by atoms with Crippen molar-refractivity contribution in [2.24, 2.45) is 5.92 Å². The normalized spacial score (nSPS) is 21.0. The Bertz CT molecular complexity index is 460. The summed E-state index contributed by atoms with van der Waals surface area (Å²) in [6.45, 7) is 5.45. The van der Waals surface area contributed by atoms with Crippen LogP contribution in [0.5, 0.6) is 11.5 Å². The second-order valence-electron chi connectivity index (χ2n) is 5.92. The van der Waals surface area contributed by atoms with Gasteiger partial charge in [0.25, 0.3) is 0 Å². The summed E-state index contributed by atoms with van der Waals surface area (Å²) in [5.41, 5.74) is 0.851. The lowest BCUT2D eigenvalue weighted by atomic mass is 9.85. The van der Waals surface area contributed by atoms with Crippen LogP contribution in [0.3, 0.4) is 0 Å². The molecule has 132 valence electrons. The third-order valence-corrected chi connectivity index (χ3v) is 4.59. The maximum absolute atomic E-state index is 10.3. The van der Waals surface area contributed by atoms with Crippen molar-refractivity contribution >= 4 is 24.8 Å². The van der Waals surface area contributed by atoms with Crippen LogP contribution in [0.15, 0.2) is 18.2 Å². The number of nitrogens with one attached hydrogen (secondary N) is 1. The number of hydrogen-bond donors (Lipinski definition) is 3. The fourth-order valence-electron chi connectivity index (χ4n) is 3.52. The highest BCUT2D eigenvalue weighted by molar-refractivity contribution is 5.85. The van der Waals surface area contributed by atoms with Crippen LogP contribution in [0.4, 0.5) is 0 Å². The van der Waals surface area contributed by atoms with Gasteiger partial charge >= 0.3 is 0 Å². The second kappa shape index (κ2) is 9.55. The van der Waals surface area contributed by atoms with Crippen molar-refractivity contribution in [3.8, 4) is 11.5 Å². The molecule has 5 nitrogen and oxygen atoms in total. The van der Waals surface area contributed by atoms with Crippen molar-refractivity contribution in [2.45, 2.75) is 18.9 Å². The number of nitrogens with zero attached hydrogens (tertiary/aromatic N) is 1. The third-order valence-electron chi connectivity index (χ3n) is 4.59. The smallest absolute Gasteiger partial charge is 0.120 e. The van der Waals surface area contributed by atoms with Gasteiger partial charge in [0, 0.05) is 51.0 Å². The predicted octanol–water partition coefficient (Wildman–Crippen LogP) is 2.31. The van der Waals surface area contributed by atoms with Gasteiger partial charge in [0.1, 0.15) is 11.5 Å². The van der Waals surface area contributed by atoms with Crippen LogP contribution >= 0.6 is 24.8 Å². The molecule has 2 aliphatic rings. The summed E-state index contributed by atoms with van der Waals surface area (Å²) in [6.07, 6.45) is 2.01. The average Bonchev–Trinajstić information content (AvgIpc) is 2.53. The molecule has 1 aromatic rings. The summed E-state index contributed by atoms with van der Waals surface area (Å²) in [7, 11) is 0. The fraction of sp³-hybridized carbons (Fsp3) is 0.625. The zero-order chi connectivity index (χ0) is 14.7. The topological polar surface area (TPSA) is 65.0 Å². The van der Waals surface area contributed by atoms with Crippen molar-refractivity contribution in [2.75, 3.05) is 39.4 Å². The summed E-state index contributed by atoms with van der Waals surface area (Å²) in [6, 6.07) is 5.01. The highest BCUT2D eigenvalue weighted by Gasteiger charge is 2.33. The highest BCUT2D eigenvalue weighted by atomic mass is 35.5. The van der Waals surface area contributed by atoms with Crippen molar-refractivity contribution < 1.29 is 14.9 Å². The van der Waals surface area contributed by atoms with E-state index in [1.807, 2.05) is 0 Å². The molecule has 7 heteroatoms. The minimum atomic E-state index is 0. The van der Waals surface area contributed by atoms with Crippen molar-refractivity contribution in [3.05, 3.63) is 23.8 Å². The molecule has 0 bridgehead atoms. The number of ether oxygens (including phenoxy) is 1. The fourth-order valence-corrected chi connectivity index (χ4v) is 3.52. The van der Waals surface area contributed by atoms with Crippen molar-refractivity contribution in [3.63, 3.8) is 0 Å². The molecule has 0 aliphatic carbocycles. The zero-order valence-corrected chi connectivity index (χ0v) is 14.7. The van der Waals surface area contributed by atoms with Gasteiger partial charge in [-0.3, -0.25) is 4.90 Å². The average molecular weight is 365 g/mol. The maximum atomic E-state index is 10.3. The lowest BCUT2D eigenvalue weighted by Crippen LogP contribution is -2.47. The number of aromatic hydroxyl groups is 2. The van der Waals surface area contributed by atoms with Crippen molar-refractivity contribution in [1.82, 2.24) is 10.2 Å². The maximum Gasteiger partial charge on any atom is 0.120 e. The van der Waals surface area contributed by atoms with Gasteiger partial charge in [-0.2, -0.15) is 0 Å². The Morgan fingerprint density at radius 3 is 2.39 bits per heavy atom. The number of hydrogen-bond acceptors (Lipinski definition) is 5. The van der Waals surface area contributed by atoms with Gasteiger partial charge in [-0.25, -0.2) is 0 Å². The number of benzene rings is 1. The van der Waals surface area contributed by atoms with E-state index in [1.54, 1.807) is 12.1 Å². The molecule has 0 saturated carbocycles. The largest absolute Gasteiger partial charge is 0.508 e. The molecule has 23 heavy (non-hydrogen) atoms. The Labute approximate surface area is 149 Å². The minimum absolute atomic E-state index is 0. The quantitative estimate of drug-likeness (QED) is 0.718. The standard InChI is InChI=1S/C16H24N2O3.2ClH/c19-13-1-2-15(20)14(11-13)16(12-3-9-21-10-4-12)18-7-5-17-6-8-18;;/h1-2,11-12,16-17,19-20H,3-10H2;2*1H/t16-;;/m1../s1. The first-order valence-corrected chi connectivity index (χ1v) is 7.80. The van der Waals surface area contributed by atoms with Gasteiger partial charge in [0.15, 0.2) is 0 Å². The molecule has 3 rings (SSSR count). The lowest BCUT2D eigenvalue weighted by Gasteiger charge is -2.41. The Kier molecular flexibility index (Phi) is 8.44. The van der Waals surface area contributed by atoms with E-state index in [9.17, 15) is 10.2 Å². The molecule has 0 radical (unpaired) electrons. The van der Waals surface area contributed by atoms with Gasteiger partial charge in [-0.1, -0.05) is 0 Å². The third kappa shape index (κ3) is 4.88. The first-order chi connectivity index (χ1) is 10.3. The van der Waals surface area contributed by atoms with Crippen LogP contribution in [-0.4, -0.2) is 54.5 Å². The van der Waals surface area contributed by atoms with Gasteiger partial charge in [0.2, 0.25) is 0 Å². The van der Waals surface area contributed by atoms with Crippen LogP contribution in [0.25, 0.3) is 0 Å². The molecule has 1 aromatic carbocycles. The molecule has 0 unspecified atom stereocenters. The first-order valence-electron chi connectivity index (χ1n) is 7.80. The molecule has 1 atom stereocenters. The van der Waals surface area contributed by atoms with E-state index in [4.69, 9.17) is 4.74 Å². The van der Waals surface area contributed by atoms with Crippen LogP contribution in [0.1, 0.15) is 24.4 Å². The highest BCUT2D eigenvalue weighted by Crippen LogP contribution is 2.40. The Hall–Kier alpha value is -0.720. The number of piperazine rings is 1. The van der Waals surface area contributed by atoms with Crippen LogP contribution in [0.2, 0.25) is 0 Å². The predicted molar refractivity (Wildman–Crippen MR) is 95.0 cm³/mol. The first kappa shape index (κ1) is 20.3. The summed E-state index contributed by atoms with van der Waals surface area (Å²) in [5, 5.41) is 23.5. The second-order valence-corrected chi connectivity index (χ2v) is 5.92. The SMILES string of the molecule is Cl.Cl.Oc1ccc(O)c([C@@H](C2CCOCC2)N2CCNCC2)c1. The van der Waals surface area contributed by atoms with E-state index in [0.29, 0.717) is 5.92 Å². The summed E-state index contributed by atoms with van der Waals surface area (Å²) < 4.78 is 5.48. The Balaban J connectivity index is 0.00000132. The molecule has 0 spiro atoms. The zero-order valence-electron chi connectivity index (χ0n) is 13.1. The van der Waals surface area contributed by atoms with Gasteiger partial charge in [-0.05, 0) is 37.0 Å². The Morgan fingerprint density at radius 1 is 1.09 bits per heavy atom. The number of rotatable bonds is 3. The lowest BCUT2D eigenvalue weighted by molar-refractivity contribution is 0.0206. The number of phenols is 2. The molecule has 0 amide bonds. The van der Waals surface area contributed by atoms with E-state index >= 15 is 0 Å². The Morgan fingerprint density at radius 2 is 1.74 bits per heavy atom. The monoisotopic (exact) mass is 364 g/mol. The van der Waals surface area contributed by atoms with Crippen molar-refractivity contribution in [1.29, 1.82) is 0 Å². The van der Waals surface area contributed by atoms with Crippen LogP contribution in [-0.2, 0) is 4.74 Å². The summed E-state index contributed by atoms with van der Waals surface area (Å²) >= 11 is 0. The molecule has 2 heterocycles. The van der Waals surface area contributed by atoms with Gasteiger partial charge in [0.05, 0.1) is 0 Å². The van der Waals surface area contributed by atoms with E-state index in [0.717, 1.165) is 57.8 Å². The molecule has 0 aromatic heterocycles. The van der Waals surface area contributed by atoms with Crippen LogP contribution in [0, 0.1) is 5.92 Å². The van der Waals surface area contributed by atoms with E-state index in [2.05, 4.69) is 10.2 Å². The minimum Gasteiger partial charge on any atom is -0.508 e. The molecule has 3 N–H and O–H groups in total. The van der Waals surface area contributed by atoms with E-state index in [-0.39, 0.29) is 42.4 Å². The molecule has 2 fully saturated rings.